The van der Waals surface area contributed by atoms with Crippen LogP contribution < -0.4 is 5.32 Å². The molecule has 1 aliphatic carbocycles. The van der Waals surface area contributed by atoms with Gasteiger partial charge in [0, 0.05) is 36.4 Å². The summed E-state index contributed by atoms with van der Waals surface area (Å²) in [5, 5.41) is 4.57. The Morgan fingerprint density at radius 1 is 1.26 bits per heavy atom. The van der Waals surface area contributed by atoms with Crippen LogP contribution in [-0.2, 0) is 17.6 Å². The molecule has 1 aliphatic heterocycles. The van der Waals surface area contributed by atoms with Crippen LogP contribution in [0.1, 0.15) is 29.7 Å². The first-order chi connectivity index (χ1) is 13.2. The van der Waals surface area contributed by atoms with Crippen molar-refractivity contribution in [3.8, 4) is 11.4 Å². The second-order valence-corrected chi connectivity index (χ2v) is 8.36. The molecular weight excluding hydrogens is 358 g/mol. The van der Waals surface area contributed by atoms with Gasteiger partial charge in [-0.1, -0.05) is 0 Å². The van der Waals surface area contributed by atoms with Gasteiger partial charge in [-0.2, -0.15) is 0 Å². The molecular formula is C20H21N5OS. The topological polar surface area (TPSA) is 71.0 Å². The second kappa shape index (κ2) is 6.56. The lowest BCUT2D eigenvalue weighted by atomic mass is 9.97. The van der Waals surface area contributed by atoms with Crippen LogP contribution in [0.15, 0.2) is 24.5 Å². The van der Waals surface area contributed by atoms with E-state index in [4.69, 9.17) is 9.97 Å². The quantitative estimate of drug-likeness (QED) is 0.756. The first-order valence-corrected chi connectivity index (χ1v) is 10.3. The highest BCUT2D eigenvalue weighted by atomic mass is 32.1. The van der Waals surface area contributed by atoms with E-state index in [1.165, 1.54) is 23.3 Å². The molecule has 138 valence electrons. The van der Waals surface area contributed by atoms with Crippen molar-refractivity contribution in [2.45, 2.75) is 38.1 Å². The number of carbonyl (C=O) groups excluding carboxylic acids is 1. The molecule has 27 heavy (non-hydrogen) atoms. The fourth-order valence-electron chi connectivity index (χ4n) is 4.01. The van der Waals surface area contributed by atoms with E-state index in [-0.39, 0.29) is 11.9 Å². The highest BCUT2D eigenvalue weighted by Gasteiger charge is 2.31. The van der Waals surface area contributed by atoms with Crippen LogP contribution in [0.4, 0.5) is 5.82 Å². The van der Waals surface area contributed by atoms with Crippen molar-refractivity contribution >= 4 is 33.3 Å². The van der Waals surface area contributed by atoms with Gasteiger partial charge < -0.3 is 10.2 Å². The average Bonchev–Trinajstić information content (AvgIpc) is 3.23. The monoisotopic (exact) mass is 379 g/mol. The number of hydrogen-bond donors (Lipinski definition) is 1. The standard InChI is InChI=1S/C20H21N5OS/c1-25-10-8-14(20(25)26)22-18-16-13-6-2-3-7-15(13)27-19(16)24-17(23-18)12-5-4-9-21-11-12/h4-5,9,11,14H,2-3,6-8,10H2,1H3,(H,22,23,24). The van der Waals surface area contributed by atoms with E-state index >= 15 is 0 Å². The first-order valence-electron chi connectivity index (χ1n) is 9.45. The zero-order valence-corrected chi connectivity index (χ0v) is 16.1. The number of aryl methyl sites for hydroxylation is 2. The Bertz CT molecular complexity index is 1020. The Labute approximate surface area is 161 Å². The van der Waals surface area contributed by atoms with E-state index in [1.54, 1.807) is 28.6 Å². The number of amides is 1. The van der Waals surface area contributed by atoms with Crippen LogP contribution in [0.5, 0.6) is 0 Å². The predicted molar refractivity (Wildman–Crippen MR) is 107 cm³/mol. The maximum absolute atomic E-state index is 12.4. The maximum Gasteiger partial charge on any atom is 0.244 e. The zero-order chi connectivity index (χ0) is 18.4. The summed E-state index contributed by atoms with van der Waals surface area (Å²) in [5.74, 6) is 1.59. The normalized spacial score (nSPS) is 19.5. The molecule has 2 aliphatic rings. The minimum atomic E-state index is -0.214. The highest BCUT2D eigenvalue weighted by Crippen LogP contribution is 2.40. The number of likely N-dealkylation sites (tertiary alicyclic amines) is 1. The third kappa shape index (κ3) is 2.86. The molecule has 1 amide bonds. The minimum Gasteiger partial charge on any atom is -0.358 e. The lowest BCUT2D eigenvalue weighted by Crippen LogP contribution is -2.31. The minimum absolute atomic E-state index is 0.133. The number of likely N-dealkylation sites (N-methyl/N-ethyl adjacent to an activating group) is 1. The molecule has 4 heterocycles. The number of carbonyl (C=O) groups is 1. The lowest BCUT2D eigenvalue weighted by molar-refractivity contribution is -0.127. The van der Waals surface area contributed by atoms with Gasteiger partial charge in [-0.25, -0.2) is 9.97 Å². The van der Waals surface area contributed by atoms with Gasteiger partial charge in [0.05, 0.1) is 5.39 Å². The first kappa shape index (κ1) is 16.6. The molecule has 3 aromatic rings. The van der Waals surface area contributed by atoms with Gasteiger partial charge in [-0.3, -0.25) is 9.78 Å². The molecule has 1 fully saturated rings. The summed E-state index contributed by atoms with van der Waals surface area (Å²) in [5.41, 5.74) is 2.27. The van der Waals surface area contributed by atoms with Crippen LogP contribution in [0.25, 0.3) is 21.6 Å². The van der Waals surface area contributed by atoms with Crippen LogP contribution in [0.3, 0.4) is 0 Å². The van der Waals surface area contributed by atoms with Crippen molar-refractivity contribution in [1.29, 1.82) is 0 Å². The van der Waals surface area contributed by atoms with Gasteiger partial charge in [-0.15, -0.1) is 11.3 Å². The summed E-state index contributed by atoms with van der Waals surface area (Å²) in [6.07, 6.45) is 8.95. The van der Waals surface area contributed by atoms with Crippen LogP contribution in [0.2, 0.25) is 0 Å². The molecule has 6 nitrogen and oxygen atoms in total. The molecule has 5 rings (SSSR count). The van der Waals surface area contributed by atoms with Crippen molar-refractivity contribution in [3.63, 3.8) is 0 Å². The number of nitrogens with one attached hydrogen (secondary N) is 1. The molecule has 1 saturated heterocycles. The Morgan fingerprint density at radius 3 is 2.93 bits per heavy atom. The second-order valence-electron chi connectivity index (χ2n) is 7.27. The van der Waals surface area contributed by atoms with E-state index in [0.29, 0.717) is 5.82 Å². The number of anilines is 1. The summed E-state index contributed by atoms with van der Waals surface area (Å²) in [7, 11) is 1.85. The maximum atomic E-state index is 12.4. The number of fused-ring (bicyclic) bond motifs is 3. The van der Waals surface area contributed by atoms with E-state index in [1.807, 2.05) is 19.2 Å². The van der Waals surface area contributed by atoms with Crippen molar-refractivity contribution in [2.75, 3.05) is 18.9 Å². The van der Waals surface area contributed by atoms with Crippen molar-refractivity contribution in [3.05, 3.63) is 35.0 Å². The van der Waals surface area contributed by atoms with E-state index in [9.17, 15) is 4.79 Å². The van der Waals surface area contributed by atoms with Crippen molar-refractivity contribution in [2.24, 2.45) is 0 Å². The summed E-state index contributed by atoms with van der Waals surface area (Å²) in [4.78, 5) is 30.6. The van der Waals surface area contributed by atoms with Gasteiger partial charge >= 0.3 is 0 Å². The van der Waals surface area contributed by atoms with Gasteiger partial charge in [0.2, 0.25) is 5.91 Å². The fraction of sp³-hybridized carbons (Fsp3) is 0.400. The summed E-state index contributed by atoms with van der Waals surface area (Å²) >= 11 is 1.78. The van der Waals surface area contributed by atoms with Crippen molar-refractivity contribution < 1.29 is 4.79 Å². The molecule has 1 unspecified atom stereocenters. The van der Waals surface area contributed by atoms with E-state index in [0.717, 1.165) is 47.4 Å². The highest BCUT2D eigenvalue weighted by molar-refractivity contribution is 7.19. The Balaban J connectivity index is 1.66. The van der Waals surface area contributed by atoms with E-state index < -0.39 is 0 Å². The average molecular weight is 379 g/mol. The Morgan fingerprint density at radius 2 is 2.15 bits per heavy atom. The molecule has 3 aromatic heterocycles. The molecule has 0 radical (unpaired) electrons. The molecule has 0 saturated carbocycles. The number of rotatable bonds is 3. The van der Waals surface area contributed by atoms with Gasteiger partial charge in [0.15, 0.2) is 5.82 Å². The summed E-state index contributed by atoms with van der Waals surface area (Å²) in [6.45, 7) is 0.780. The lowest BCUT2D eigenvalue weighted by Gasteiger charge is -2.16. The number of thiophene rings is 1. The van der Waals surface area contributed by atoms with Crippen LogP contribution in [-0.4, -0.2) is 45.4 Å². The Kier molecular flexibility index (Phi) is 4.04. The van der Waals surface area contributed by atoms with Crippen LogP contribution in [0, 0.1) is 0 Å². The van der Waals surface area contributed by atoms with E-state index in [2.05, 4.69) is 10.3 Å². The molecule has 0 aromatic carbocycles. The molecule has 1 N–H and O–H groups in total. The number of hydrogen-bond acceptors (Lipinski definition) is 6. The number of nitrogens with zero attached hydrogens (tertiary/aromatic N) is 4. The smallest absolute Gasteiger partial charge is 0.244 e. The van der Waals surface area contributed by atoms with Crippen molar-refractivity contribution in [1.82, 2.24) is 19.9 Å². The predicted octanol–water partition coefficient (Wildman–Crippen LogP) is 3.27. The third-order valence-corrected chi connectivity index (χ3v) is 6.66. The zero-order valence-electron chi connectivity index (χ0n) is 15.2. The third-order valence-electron chi connectivity index (χ3n) is 5.47. The molecule has 0 spiro atoms. The molecule has 0 bridgehead atoms. The van der Waals surface area contributed by atoms with Gasteiger partial charge in [0.1, 0.15) is 16.7 Å². The largest absolute Gasteiger partial charge is 0.358 e. The number of pyridine rings is 1. The molecule has 7 heteroatoms. The molecule has 1 atom stereocenters. The number of aromatic nitrogens is 3. The summed E-state index contributed by atoms with van der Waals surface area (Å²) in [6, 6.07) is 3.65. The van der Waals surface area contributed by atoms with Gasteiger partial charge in [0.25, 0.3) is 0 Å². The van der Waals surface area contributed by atoms with Gasteiger partial charge in [-0.05, 0) is 49.8 Å². The fourth-order valence-corrected chi connectivity index (χ4v) is 5.27. The summed E-state index contributed by atoms with van der Waals surface area (Å²) < 4.78 is 0. The Hall–Kier alpha value is -2.54. The van der Waals surface area contributed by atoms with Crippen LogP contribution >= 0.6 is 11.3 Å². The SMILES string of the molecule is CN1CCC(Nc2nc(-c3cccnc3)nc3sc4c(c23)CCCC4)C1=O.